The second-order valence-electron chi connectivity index (χ2n) is 14.7. The second-order valence-corrected chi connectivity index (χ2v) is 16.2. The smallest absolute Gasteiger partial charge is 0.276 e. The third kappa shape index (κ3) is 6.42. The molecule has 0 amide bonds. The minimum Gasteiger partial charge on any atom is -0.506 e. The number of fused-ring (bicyclic) bond motifs is 2. The summed E-state index contributed by atoms with van der Waals surface area (Å²) in [5, 5.41) is 10.5. The molecule has 51 heavy (non-hydrogen) atoms. The van der Waals surface area contributed by atoms with Crippen molar-refractivity contribution in [3.8, 4) is 33.8 Å². The van der Waals surface area contributed by atoms with Gasteiger partial charge in [-0.3, -0.25) is 19.0 Å². The molecule has 1 N–H and O–H groups in total. The minimum atomic E-state index is -0.715. The van der Waals surface area contributed by atoms with E-state index in [2.05, 4.69) is 0 Å². The number of ether oxygens (including phenoxy) is 1. The van der Waals surface area contributed by atoms with Crippen molar-refractivity contribution in [2.24, 2.45) is 23.7 Å². The monoisotopic (exact) mass is 780 g/mol. The first-order chi connectivity index (χ1) is 24.5. The van der Waals surface area contributed by atoms with Gasteiger partial charge in [-0.1, -0.05) is 46.4 Å². The molecule has 8 rings (SSSR count). The Morgan fingerprint density at radius 3 is 2.00 bits per heavy atom. The largest absolute Gasteiger partial charge is 0.506 e. The normalized spacial score (nSPS) is 24.5. The molecule has 4 heterocycles. The topological polar surface area (TPSA) is 83.3 Å². The molecule has 0 spiro atoms. The van der Waals surface area contributed by atoms with Crippen molar-refractivity contribution in [3.05, 3.63) is 77.0 Å². The summed E-state index contributed by atoms with van der Waals surface area (Å²) in [4.78, 5) is 26.7. The summed E-state index contributed by atoms with van der Waals surface area (Å²) in [7, 11) is 0. The molecule has 2 aliphatic carbocycles. The zero-order chi connectivity index (χ0) is 35.7. The fourth-order valence-corrected chi connectivity index (χ4v) is 9.95. The van der Waals surface area contributed by atoms with Crippen LogP contribution in [0, 0.1) is 35.3 Å². The summed E-state index contributed by atoms with van der Waals surface area (Å²) >= 11 is 25.7. The molecule has 0 radical (unpaired) electrons. The first-order valence-corrected chi connectivity index (χ1v) is 19.3. The van der Waals surface area contributed by atoms with Gasteiger partial charge in [0.15, 0.2) is 0 Å². The number of hydrogen-bond donors (Lipinski definition) is 1. The molecular weight excluding hydrogens is 744 g/mol. The van der Waals surface area contributed by atoms with Gasteiger partial charge in [-0.2, -0.15) is 0 Å². The van der Waals surface area contributed by atoms with Gasteiger partial charge in [0, 0.05) is 37.3 Å². The lowest BCUT2D eigenvalue weighted by Crippen LogP contribution is -2.22. The van der Waals surface area contributed by atoms with Crippen molar-refractivity contribution in [1.29, 1.82) is 0 Å². The van der Waals surface area contributed by atoms with Crippen molar-refractivity contribution in [3.63, 3.8) is 0 Å². The lowest BCUT2D eigenvalue weighted by atomic mass is 9.91. The van der Waals surface area contributed by atoms with Crippen LogP contribution in [-0.4, -0.2) is 29.9 Å². The number of rotatable bonds is 7. The van der Waals surface area contributed by atoms with E-state index in [1.165, 1.54) is 12.1 Å². The van der Waals surface area contributed by atoms with Crippen molar-refractivity contribution in [2.45, 2.75) is 96.5 Å². The van der Waals surface area contributed by atoms with Crippen LogP contribution in [0.1, 0.15) is 64.2 Å². The highest BCUT2D eigenvalue weighted by atomic mass is 35.5. The molecule has 272 valence electrons. The Balaban J connectivity index is 0.894. The summed E-state index contributed by atoms with van der Waals surface area (Å²) < 4.78 is 43.1. The predicted octanol–water partition coefficient (Wildman–Crippen LogP) is 9.41. The van der Waals surface area contributed by atoms with Gasteiger partial charge in [-0.05, 0) is 112 Å². The predicted molar refractivity (Wildman–Crippen MR) is 194 cm³/mol. The molecule has 4 unspecified atom stereocenters. The number of nitrogens with zero attached hydrogens (tertiary/aromatic N) is 4. The third-order valence-electron chi connectivity index (χ3n) is 11.6. The molecular formula is C37H38Cl4F2N4O4. The van der Waals surface area contributed by atoms with Crippen molar-refractivity contribution in [1.82, 2.24) is 18.7 Å². The Morgan fingerprint density at radius 1 is 0.706 bits per heavy atom. The van der Waals surface area contributed by atoms with E-state index in [4.69, 9.17) is 51.1 Å². The zero-order valence-electron chi connectivity index (χ0n) is 27.8. The average Bonchev–Trinajstić information content (AvgIpc) is 3.71. The van der Waals surface area contributed by atoms with Crippen LogP contribution < -0.4 is 15.9 Å². The summed E-state index contributed by atoms with van der Waals surface area (Å²) in [6.07, 6.45) is 9.42. The van der Waals surface area contributed by atoms with Gasteiger partial charge in [0.1, 0.15) is 33.4 Å². The first kappa shape index (κ1) is 35.1. The molecule has 2 aromatic carbocycles. The Labute approximate surface area is 313 Å². The molecule has 8 nitrogen and oxygen atoms in total. The number of phenolic OH excluding ortho intramolecular Hbond substituents is 1. The van der Waals surface area contributed by atoms with Crippen LogP contribution in [0.25, 0.3) is 22.3 Å². The van der Waals surface area contributed by atoms with Gasteiger partial charge < -0.3 is 9.84 Å². The van der Waals surface area contributed by atoms with Crippen LogP contribution in [-0.2, 0) is 26.2 Å². The number of phenols is 1. The highest BCUT2D eigenvalue weighted by Crippen LogP contribution is 2.54. The quantitative estimate of drug-likeness (QED) is 0.203. The SMILES string of the molecule is O=c1c(-c2cc(OC3CCC([C@H]4CC4CC4CCn5c(Cl)c(-c6cc(O)c(Cl)cc6F)c(=O)n5CC4)C3)c(Cl)cc2F)c(Cl)n2n1CCCCC2. The number of halogens is 6. The maximum atomic E-state index is 15.3. The van der Waals surface area contributed by atoms with Crippen LogP contribution in [0.2, 0.25) is 20.4 Å². The number of aromatic nitrogens is 4. The van der Waals surface area contributed by atoms with Crippen LogP contribution >= 0.6 is 46.4 Å². The van der Waals surface area contributed by atoms with Crippen LogP contribution in [0.3, 0.4) is 0 Å². The Kier molecular flexibility index (Phi) is 9.51. The molecule has 0 saturated heterocycles. The molecule has 2 fully saturated rings. The summed E-state index contributed by atoms with van der Waals surface area (Å²) in [6, 6.07) is 4.88. The minimum absolute atomic E-state index is 0.0370. The van der Waals surface area contributed by atoms with E-state index in [1.54, 1.807) is 18.7 Å². The van der Waals surface area contributed by atoms with E-state index in [1.807, 2.05) is 0 Å². The summed E-state index contributed by atoms with van der Waals surface area (Å²) in [5.41, 5.74) is -0.442. The van der Waals surface area contributed by atoms with E-state index in [0.29, 0.717) is 55.6 Å². The standard InChI is InChI=1S/C37H38Cl4F2N4O4/c38-26-17-28(42)24(15-30(26)48)32-35(41)45-10-6-19(7-11-47(45)37(32)50)12-21-14-23(21)20-4-5-22(13-20)51-31-16-25(29(43)18-27(31)39)33-34(40)44-8-2-1-3-9-46(44)36(33)49/h15-23,48H,1-14H2/t19?,20?,21?,22?,23-/m1/s1. The first-order valence-electron chi connectivity index (χ1n) is 17.8. The van der Waals surface area contributed by atoms with Gasteiger partial charge >= 0.3 is 0 Å². The number of hydrogen-bond acceptors (Lipinski definition) is 4. The van der Waals surface area contributed by atoms with Crippen molar-refractivity contribution in [2.75, 3.05) is 0 Å². The fraction of sp³-hybridized carbons (Fsp3) is 0.514. The Bertz CT molecular complexity index is 2140. The van der Waals surface area contributed by atoms with Gasteiger partial charge in [0.2, 0.25) is 0 Å². The molecule has 4 aromatic rings. The van der Waals surface area contributed by atoms with Crippen LogP contribution in [0.4, 0.5) is 8.78 Å². The molecule has 2 saturated carbocycles. The van der Waals surface area contributed by atoms with Crippen molar-refractivity contribution < 1.29 is 18.6 Å². The van der Waals surface area contributed by atoms with E-state index in [-0.39, 0.29) is 65.6 Å². The van der Waals surface area contributed by atoms with E-state index in [9.17, 15) is 19.1 Å². The number of aromatic hydroxyl groups is 1. The lowest BCUT2D eigenvalue weighted by Gasteiger charge is -2.17. The fourth-order valence-electron chi connectivity index (χ4n) is 8.89. The molecule has 5 atom stereocenters. The Morgan fingerprint density at radius 2 is 1.29 bits per heavy atom. The molecule has 0 bridgehead atoms. The van der Waals surface area contributed by atoms with Crippen LogP contribution in [0.5, 0.6) is 11.5 Å². The maximum Gasteiger partial charge on any atom is 0.276 e. The lowest BCUT2D eigenvalue weighted by molar-refractivity contribution is 0.201. The third-order valence-corrected chi connectivity index (χ3v) is 13.0. The number of benzene rings is 2. The van der Waals surface area contributed by atoms with Crippen LogP contribution in [0.15, 0.2) is 33.9 Å². The highest BCUT2D eigenvalue weighted by Gasteiger charge is 2.46. The van der Waals surface area contributed by atoms with Crippen molar-refractivity contribution >= 4 is 46.4 Å². The maximum absolute atomic E-state index is 15.3. The highest BCUT2D eigenvalue weighted by molar-refractivity contribution is 6.34. The second kappa shape index (κ2) is 13.8. The summed E-state index contributed by atoms with van der Waals surface area (Å²) in [6.45, 7) is 2.18. The molecule has 2 aromatic heterocycles. The van der Waals surface area contributed by atoms with E-state index in [0.717, 1.165) is 76.3 Å². The molecule has 2 aliphatic heterocycles. The van der Waals surface area contributed by atoms with Gasteiger partial charge in [0.25, 0.3) is 11.1 Å². The van der Waals surface area contributed by atoms with E-state index >= 15 is 4.39 Å². The average molecular weight is 783 g/mol. The van der Waals surface area contributed by atoms with Gasteiger partial charge in [-0.15, -0.1) is 0 Å². The van der Waals surface area contributed by atoms with E-state index < -0.39 is 11.6 Å². The zero-order valence-corrected chi connectivity index (χ0v) is 30.8. The van der Waals surface area contributed by atoms with Gasteiger partial charge in [0.05, 0.1) is 27.3 Å². The Hall–Kier alpha value is -2.92. The molecule has 14 heteroatoms. The summed E-state index contributed by atoms with van der Waals surface area (Å²) in [5.74, 6) is 0.883. The molecule has 4 aliphatic rings. The van der Waals surface area contributed by atoms with Gasteiger partial charge in [-0.25, -0.2) is 18.1 Å².